The first-order chi connectivity index (χ1) is 11.0. The van der Waals surface area contributed by atoms with Gasteiger partial charge in [0.25, 0.3) is 0 Å². The Morgan fingerprint density at radius 2 is 1.61 bits per heavy atom. The van der Waals surface area contributed by atoms with Crippen LogP contribution >= 0.6 is 0 Å². The number of hydrazine groups is 1. The number of alkyl carbamates (subject to hydrolysis) is 1. The summed E-state index contributed by atoms with van der Waals surface area (Å²) >= 11 is 0. The molecule has 1 aromatic carbocycles. The number of esters is 2. The predicted molar refractivity (Wildman–Crippen MR) is 78.7 cm³/mol. The van der Waals surface area contributed by atoms with Crippen molar-refractivity contribution in [2.24, 2.45) is 5.84 Å². The van der Waals surface area contributed by atoms with Crippen LogP contribution in [0.2, 0.25) is 0 Å². The van der Waals surface area contributed by atoms with Crippen LogP contribution in [-0.4, -0.2) is 44.3 Å². The summed E-state index contributed by atoms with van der Waals surface area (Å²) in [5.41, 5.74) is 2.86. The first-order valence-corrected chi connectivity index (χ1v) is 6.62. The Morgan fingerprint density at radius 1 is 1.04 bits per heavy atom. The molecule has 0 unspecified atom stereocenters. The van der Waals surface area contributed by atoms with Gasteiger partial charge in [0.1, 0.15) is 12.6 Å². The second kappa shape index (κ2) is 9.38. The Balaban J connectivity index is 2.70. The summed E-state index contributed by atoms with van der Waals surface area (Å²) in [6.45, 7) is -0.000486. The Morgan fingerprint density at radius 3 is 2.13 bits per heavy atom. The Hall–Kier alpha value is -2.65. The van der Waals surface area contributed by atoms with Crippen LogP contribution in [0.5, 0.6) is 0 Å². The van der Waals surface area contributed by atoms with Crippen molar-refractivity contribution in [3.8, 4) is 0 Å². The van der Waals surface area contributed by atoms with Crippen molar-refractivity contribution in [1.82, 2.24) is 10.7 Å². The molecular formula is C14H19N3O6. The Kier molecular flexibility index (Phi) is 7.51. The molecule has 4 N–H and O–H groups in total. The highest BCUT2D eigenvalue weighted by Gasteiger charge is 2.36. The van der Waals surface area contributed by atoms with Gasteiger partial charge in [-0.05, 0) is 5.56 Å². The van der Waals surface area contributed by atoms with E-state index in [4.69, 9.17) is 10.6 Å². The minimum atomic E-state index is -1.40. The number of hydrogen-bond donors (Lipinski definition) is 3. The zero-order valence-corrected chi connectivity index (χ0v) is 12.8. The van der Waals surface area contributed by atoms with Gasteiger partial charge < -0.3 is 19.5 Å². The molecule has 126 valence electrons. The van der Waals surface area contributed by atoms with Crippen LogP contribution in [0.15, 0.2) is 30.3 Å². The Bertz CT molecular complexity index is 537. The fourth-order valence-electron chi connectivity index (χ4n) is 1.72. The highest BCUT2D eigenvalue weighted by atomic mass is 16.6. The minimum Gasteiger partial charge on any atom is -0.468 e. The van der Waals surface area contributed by atoms with Crippen molar-refractivity contribution < 1.29 is 28.6 Å². The van der Waals surface area contributed by atoms with E-state index in [0.717, 1.165) is 19.8 Å². The molecule has 0 aliphatic rings. The van der Waals surface area contributed by atoms with E-state index in [1.165, 1.54) is 0 Å². The molecule has 0 spiro atoms. The molecule has 0 bridgehead atoms. The van der Waals surface area contributed by atoms with Gasteiger partial charge in [0.05, 0.1) is 14.2 Å². The number of carbonyl (C=O) groups is 3. The lowest BCUT2D eigenvalue weighted by atomic mass is 10.1. The summed E-state index contributed by atoms with van der Waals surface area (Å²) < 4.78 is 14.0. The number of nitrogens with one attached hydrogen (secondary N) is 2. The van der Waals surface area contributed by atoms with Gasteiger partial charge in [0.2, 0.25) is 0 Å². The van der Waals surface area contributed by atoms with E-state index in [9.17, 15) is 14.4 Å². The lowest BCUT2D eigenvalue weighted by molar-refractivity contribution is -0.152. The van der Waals surface area contributed by atoms with E-state index >= 15 is 0 Å². The fourth-order valence-corrected chi connectivity index (χ4v) is 1.72. The van der Waals surface area contributed by atoms with Crippen molar-refractivity contribution in [3.63, 3.8) is 0 Å². The van der Waals surface area contributed by atoms with Crippen molar-refractivity contribution in [3.05, 3.63) is 35.9 Å². The van der Waals surface area contributed by atoms with Crippen LogP contribution in [0, 0.1) is 0 Å². The maximum Gasteiger partial charge on any atom is 0.408 e. The molecule has 1 aromatic rings. The summed E-state index contributed by atoms with van der Waals surface area (Å²) in [6.07, 6.45) is -0.909. The van der Waals surface area contributed by atoms with Crippen molar-refractivity contribution in [2.45, 2.75) is 18.7 Å². The van der Waals surface area contributed by atoms with Crippen molar-refractivity contribution >= 4 is 18.0 Å². The topological polar surface area (TPSA) is 129 Å². The molecule has 0 aromatic heterocycles. The summed E-state index contributed by atoms with van der Waals surface area (Å²) in [6, 6.07) is 6.22. The van der Waals surface area contributed by atoms with Crippen LogP contribution in [-0.2, 0) is 30.4 Å². The largest absolute Gasteiger partial charge is 0.468 e. The zero-order valence-electron chi connectivity index (χ0n) is 12.8. The maximum atomic E-state index is 11.8. The van der Waals surface area contributed by atoms with Crippen molar-refractivity contribution in [2.75, 3.05) is 14.2 Å². The predicted octanol–water partition coefficient (Wildman–Crippen LogP) is -0.541. The highest BCUT2D eigenvalue weighted by Crippen LogP contribution is 2.03. The number of ether oxygens (including phenoxy) is 3. The maximum absolute atomic E-state index is 11.8. The summed E-state index contributed by atoms with van der Waals surface area (Å²) in [4.78, 5) is 35.2. The summed E-state index contributed by atoms with van der Waals surface area (Å²) in [5.74, 6) is 3.51. The lowest BCUT2D eigenvalue weighted by Gasteiger charge is -2.23. The standard InChI is InChI=1S/C14H19N3O6/c1-21-12(18)10(11(17-15)13(19)22-2)16-14(20)23-8-9-6-4-3-5-7-9/h3-7,10-11,17H,8,15H2,1-2H3,(H,16,20)/t10-,11-/m0/s1. The van der Waals surface area contributed by atoms with Crippen LogP contribution in [0.25, 0.3) is 0 Å². The molecule has 0 aliphatic heterocycles. The molecule has 1 rings (SSSR count). The molecule has 1 amide bonds. The van der Waals surface area contributed by atoms with Crippen LogP contribution in [0.4, 0.5) is 4.79 Å². The molecule has 0 saturated carbocycles. The molecule has 2 atom stereocenters. The summed E-state index contributed by atoms with van der Waals surface area (Å²) in [5, 5.41) is 2.23. The molecule has 9 nitrogen and oxygen atoms in total. The molecule has 0 radical (unpaired) electrons. The first-order valence-electron chi connectivity index (χ1n) is 6.62. The van der Waals surface area contributed by atoms with E-state index in [0.29, 0.717) is 0 Å². The number of carbonyl (C=O) groups excluding carboxylic acids is 3. The number of hydrogen-bond acceptors (Lipinski definition) is 8. The van der Waals surface area contributed by atoms with Gasteiger partial charge in [-0.2, -0.15) is 0 Å². The van der Waals surface area contributed by atoms with Crippen LogP contribution < -0.4 is 16.6 Å². The van der Waals surface area contributed by atoms with Gasteiger partial charge in [0.15, 0.2) is 6.04 Å². The zero-order chi connectivity index (χ0) is 17.2. The van der Waals surface area contributed by atoms with Gasteiger partial charge >= 0.3 is 18.0 Å². The second-order valence-corrected chi connectivity index (χ2v) is 4.37. The molecule has 9 heteroatoms. The summed E-state index contributed by atoms with van der Waals surface area (Å²) in [7, 11) is 2.23. The molecule has 0 aliphatic carbocycles. The van der Waals surface area contributed by atoms with Crippen molar-refractivity contribution in [1.29, 1.82) is 0 Å². The number of nitrogens with two attached hydrogens (primary N) is 1. The van der Waals surface area contributed by atoms with E-state index in [2.05, 4.69) is 20.2 Å². The second-order valence-electron chi connectivity index (χ2n) is 4.37. The molecular weight excluding hydrogens is 306 g/mol. The van der Waals surface area contributed by atoms with E-state index in [-0.39, 0.29) is 6.61 Å². The fraction of sp³-hybridized carbons (Fsp3) is 0.357. The number of methoxy groups -OCH3 is 2. The SMILES string of the molecule is COC(=O)[C@@H](NN)[C@H](NC(=O)OCc1ccccc1)C(=O)OC. The average molecular weight is 325 g/mol. The van der Waals surface area contributed by atoms with Crippen LogP contribution in [0.1, 0.15) is 5.56 Å². The van der Waals surface area contributed by atoms with E-state index in [1.807, 2.05) is 6.07 Å². The van der Waals surface area contributed by atoms with E-state index in [1.54, 1.807) is 24.3 Å². The average Bonchev–Trinajstić information content (AvgIpc) is 2.59. The van der Waals surface area contributed by atoms with Gasteiger partial charge in [-0.25, -0.2) is 15.0 Å². The van der Waals surface area contributed by atoms with E-state index < -0.39 is 30.1 Å². The Labute approximate surface area is 133 Å². The van der Waals surface area contributed by atoms with Gasteiger partial charge in [-0.1, -0.05) is 30.3 Å². The van der Waals surface area contributed by atoms with Gasteiger partial charge in [-0.3, -0.25) is 10.6 Å². The third-order valence-electron chi connectivity index (χ3n) is 2.91. The third kappa shape index (κ3) is 5.57. The molecule has 0 heterocycles. The lowest BCUT2D eigenvalue weighted by Crippen LogP contribution is -2.60. The first kappa shape index (κ1) is 18.4. The minimum absolute atomic E-state index is 0.000486. The molecule has 0 fully saturated rings. The number of rotatable bonds is 7. The quantitative estimate of drug-likeness (QED) is 0.264. The molecule has 0 saturated heterocycles. The smallest absolute Gasteiger partial charge is 0.408 e. The van der Waals surface area contributed by atoms with Gasteiger partial charge in [0, 0.05) is 0 Å². The monoisotopic (exact) mass is 325 g/mol. The number of benzene rings is 1. The van der Waals surface area contributed by atoms with Crippen LogP contribution in [0.3, 0.4) is 0 Å². The highest BCUT2D eigenvalue weighted by molar-refractivity contribution is 5.89. The van der Waals surface area contributed by atoms with Gasteiger partial charge in [-0.15, -0.1) is 0 Å². The normalized spacial score (nSPS) is 12.7. The number of amides is 1. The molecule has 23 heavy (non-hydrogen) atoms. The third-order valence-corrected chi connectivity index (χ3v) is 2.91.